The summed E-state index contributed by atoms with van der Waals surface area (Å²) < 4.78 is 13.1. The minimum Gasteiger partial charge on any atom is -0.349 e. The van der Waals surface area contributed by atoms with Gasteiger partial charge in [0.15, 0.2) is 0 Å². The lowest BCUT2D eigenvalue weighted by molar-refractivity contribution is -0.122. The van der Waals surface area contributed by atoms with Gasteiger partial charge in [0.05, 0.1) is 6.04 Å². The summed E-state index contributed by atoms with van der Waals surface area (Å²) in [7, 11) is 0. The molecule has 0 spiro atoms. The van der Waals surface area contributed by atoms with Crippen LogP contribution in [0.5, 0.6) is 0 Å². The van der Waals surface area contributed by atoms with E-state index in [9.17, 15) is 9.18 Å². The second-order valence-corrected chi connectivity index (χ2v) is 6.79. The van der Waals surface area contributed by atoms with Crippen molar-refractivity contribution in [2.75, 3.05) is 0 Å². The molecular weight excluding hydrogens is 267 g/mol. The van der Waals surface area contributed by atoms with Crippen LogP contribution in [0.2, 0.25) is 0 Å². The summed E-state index contributed by atoms with van der Waals surface area (Å²) in [6, 6.07) is 6.29. The maximum atomic E-state index is 13.1. The van der Waals surface area contributed by atoms with Gasteiger partial charge < -0.3 is 11.1 Å². The smallest absolute Gasteiger partial charge is 0.220 e. The normalized spacial score (nSPS) is 14.6. The van der Waals surface area contributed by atoms with Crippen LogP contribution in [0.25, 0.3) is 0 Å². The van der Waals surface area contributed by atoms with Crippen LogP contribution in [0.4, 0.5) is 4.39 Å². The number of carbonyl (C=O) groups is 1. The third-order valence-corrected chi connectivity index (χ3v) is 3.44. The summed E-state index contributed by atoms with van der Waals surface area (Å²) in [6.07, 6.45) is 2.09. The van der Waals surface area contributed by atoms with Crippen molar-refractivity contribution in [1.29, 1.82) is 0 Å². The van der Waals surface area contributed by atoms with Gasteiger partial charge >= 0.3 is 0 Å². The largest absolute Gasteiger partial charge is 0.349 e. The van der Waals surface area contributed by atoms with Gasteiger partial charge in [0.2, 0.25) is 5.91 Å². The fourth-order valence-corrected chi connectivity index (χ4v) is 2.27. The molecule has 0 saturated heterocycles. The molecule has 0 radical (unpaired) electrons. The number of hydrogen-bond donors (Lipinski definition) is 2. The number of halogens is 1. The number of amides is 1. The van der Waals surface area contributed by atoms with Crippen molar-refractivity contribution in [1.82, 2.24) is 5.32 Å². The first-order chi connectivity index (χ1) is 9.70. The van der Waals surface area contributed by atoms with Gasteiger partial charge in [-0.15, -0.1) is 0 Å². The van der Waals surface area contributed by atoms with E-state index < -0.39 is 0 Å². The molecule has 118 valence electrons. The first kappa shape index (κ1) is 17.6. The van der Waals surface area contributed by atoms with E-state index in [1.807, 2.05) is 6.92 Å². The molecule has 0 aliphatic carbocycles. The van der Waals surface area contributed by atoms with E-state index in [1.165, 1.54) is 12.1 Å². The zero-order valence-electron chi connectivity index (χ0n) is 13.4. The van der Waals surface area contributed by atoms with E-state index in [2.05, 4.69) is 26.1 Å². The SMILES string of the molecule is CC(N)CCCC(=O)NC(c1ccc(F)cc1)C(C)(C)C. The molecule has 2 unspecified atom stereocenters. The summed E-state index contributed by atoms with van der Waals surface area (Å²) in [5, 5.41) is 3.06. The quantitative estimate of drug-likeness (QED) is 0.843. The van der Waals surface area contributed by atoms with Gasteiger partial charge in [-0.2, -0.15) is 0 Å². The molecule has 0 aromatic heterocycles. The molecule has 3 nitrogen and oxygen atoms in total. The summed E-state index contributed by atoms with van der Waals surface area (Å²) in [6.45, 7) is 8.12. The van der Waals surface area contributed by atoms with Crippen molar-refractivity contribution < 1.29 is 9.18 Å². The standard InChI is InChI=1S/C17H27FN2O/c1-12(19)6-5-7-15(21)20-16(17(2,3)4)13-8-10-14(18)11-9-13/h8-12,16H,5-7,19H2,1-4H3,(H,20,21). The lowest BCUT2D eigenvalue weighted by Gasteiger charge is -2.32. The Hall–Kier alpha value is -1.42. The fourth-order valence-electron chi connectivity index (χ4n) is 2.27. The summed E-state index contributed by atoms with van der Waals surface area (Å²) in [5.74, 6) is -0.255. The molecule has 1 rings (SSSR count). The Morgan fingerprint density at radius 2 is 1.86 bits per heavy atom. The molecule has 2 atom stereocenters. The van der Waals surface area contributed by atoms with Crippen LogP contribution in [-0.2, 0) is 4.79 Å². The van der Waals surface area contributed by atoms with Crippen LogP contribution in [0.1, 0.15) is 58.6 Å². The third-order valence-electron chi connectivity index (χ3n) is 3.44. The zero-order valence-corrected chi connectivity index (χ0v) is 13.4. The van der Waals surface area contributed by atoms with Crippen LogP contribution in [0.15, 0.2) is 24.3 Å². The van der Waals surface area contributed by atoms with Gasteiger partial charge in [0.25, 0.3) is 0 Å². The number of hydrogen-bond acceptors (Lipinski definition) is 2. The molecule has 0 bridgehead atoms. The fraction of sp³-hybridized carbons (Fsp3) is 0.588. The molecule has 0 fully saturated rings. The van der Waals surface area contributed by atoms with Gasteiger partial charge in [-0.1, -0.05) is 32.9 Å². The molecule has 1 amide bonds. The molecule has 21 heavy (non-hydrogen) atoms. The van der Waals surface area contributed by atoms with Crippen molar-refractivity contribution in [3.63, 3.8) is 0 Å². The van der Waals surface area contributed by atoms with Gasteiger partial charge in [-0.25, -0.2) is 4.39 Å². The monoisotopic (exact) mass is 294 g/mol. The Morgan fingerprint density at radius 1 is 1.29 bits per heavy atom. The minimum absolute atomic E-state index is 0.0138. The van der Waals surface area contributed by atoms with Crippen molar-refractivity contribution in [3.05, 3.63) is 35.6 Å². The molecule has 0 aliphatic heterocycles. The molecular formula is C17H27FN2O. The van der Waals surface area contributed by atoms with Gasteiger partial charge in [0.1, 0.15) is 5.82 Å². The molecule has 0 aliphatic rings. The maximum Gasteiger partial charge on any atom is 0.220 e. The van der Waals surface area contributed by atoms with E-state index >= 15 is 0 Å². The Labute approximate surface area is 127 Å². The average molecular weight is 294 g/mol. The predicted molar refractivity (Wildman–Crippen MR) is 84.2 cm³/mol. The Kier molecular flexibility index (Phi) is 6.34. The van der Waals surface area contributed by atoms with Crippen molar-refractivity contribution in [2.45, 2.75) is 59.0 Å². The topological polar surface area (TPSA) is 55.1 Å². The van der Waals surface area contributed by atoms with E-state index in [0.717, 1.165) is 18.4 Å². The minimum atomic E-state index is -0.269. The molecule has 1 aromatic rings. The van der Waals surface area contributed by atoms with Crippen LogP contribution in [-0.4, -0.2) is 11.9 Å². The van der Waals surface area contributed by atoms with Gasteiger partial charge in [-0.05, 0) is 42.9 Å². The molecule has 1 aromatic carbocycles. The number of benzene rings is 1. The highest BCUT2D eigenvalue weighted by Crippen LogP contribution is 2.32. The lowest BCUT2D eigenvalue weighted by atomic mass is 9.82. The summed E-state index contributed by atoms with van der Waals surface area (Å²) in [5.41, 5.74) is 6.46. The van der Waals surface area contributed by atoms with E-state index in [1.54, 1.807) is 12.1 Å². The molecule has 0 heterocycles. The first-order valence-electron chi connectivity index (χ1n) is 7.50. The highest BCUT2D eigenvalue weighted by atomic mass is 19.1. The Balaban J connectivity index is 2.71. The highest BCUT2D eigenvalue weighted by molar-refractivity contribution is 5.76. The van der Waals surface area contributed by atoms with Crippen LogP contribution >= 0.6 is 0 Å². The maximum absolute atomic E-state index is 13.1. The van der Waals surface area contributed by atoms with Crippen LogP contribution in [0.3, 0.4) is 0 Å². The molecule has 4 heteroatoms. The first-order valence-corrected chi connectivity index (χ1v) is 7.50. The van der Waals surface area contributed by atoms with E-state index in [0.29, 0.717) is 6.42 Å². The summed E-state index contributed by atoms with van der Waals surface area (Å²) >= 11 is 0. The highest BCUT2D eigenvalue weighted by Gasteiger charge is 2.27. The predicted octanol–water partition coefficient (Wildman–Crippen LogP) is 3.55. The van der Waals surface area contributed by atoms with Crippen LogP contribution in [0, 0.1) is 11.2 Å². The number of nitrogens with two attached hydrogens (primary N) is 1. The second kappa shape index (κ2) is 7.55. The van der Waals surface area contributed by atoms with Gasteiger partial charge in [0, 0.05) is 12.5 Å². The van der Waals surface area contributed by atoms with E-state index in [-0.39, 0.29) is 29.2 Å². The average Bonchev–Trinajstić information content (AvgIpc) is 2.35. The number of nitrogens with one attached hydrogen (secondary N) is 1. The lowest BCUT2D eigenvalue weighted by Crippen LogP contribution is -2.36. The Morgan fingerprint density at radius 3 is 2.33 bits per heavy atom. The zero-order chi connectivity index (χ0) is 16.0. The van der Waals surface area contributed by atoms with Crippen LogP contribution < -0.4 is 11.1 Å². The van der Waals surface area contributed by atoms with Crippen molar-refractivity contribution in [2.24, 2.45) is 11.1 Å². The second-order valence-electron chi connectivity index (χ2n) is 6.79. The molecule has 3 N–H and O–H groups in total. The third kappa shape index (κ3) is 6.25. The van der Waals surface area contributed by atoms with Gasteiger partial charge in [-0.3, -0.25) is 4.79 Å². The number of carbonyl (C=O) groups excluding carboxylic acids is 1. The van der Waals surface area contributed by atoms with Crippen molar-refractivity contribution >= 4 is 5.91 Å². The van der Waals surface area contributed by atoms with Crippen molar-refractivity contribution in [3.8, 4) is 0 Å². The van der Waals surface area contributed by atoms with E-state index in [4.69, 9.17) is 5.73 Å². The number of rotatable bonds is 6. The Bertz CT molecular complexity index is 449. The summed E-state index contributed by atoms with van der Waals surface area (Å²) in [4.78, 5) is 12.1. The molecule has 0 saturated carbocycles.